The average molecular weight is 863 g/mol. The maximum absolute atomic E-state index is 12.8. The van der Waals surface area contributed by atoms with Gasteiger partial charge in [0.2, 0.25) is 0 Å². The Balaban J connectivity index is 4.27. The molecule has 362 valence electrons. The summed E-state index contributed by atoms with van der Waals surface area (Å²) < 4.78 is 16.8. The van der Waals surface area contributed by atoms with E-state index in [1.54, 1.807) is 0 Å². The molecule has 0 saturated carbocycles. The Bertz CT molecular complexity index is 918. The molecule has 0 amide bonds. The molecule has 0 aliphatic rings. The van der Waals surface area contributed by atoms with Gasteiger partial charge in [0.15, 0.2) is 6.10 Å². The SMILES string of the molecule is CCCCCCCCCCCCCCCCCCCCC(=O)OC[C@@H](COC(=O)CCCCCCCCCCCCCC)OC(=O)CCCCCCCCCCCCC(C)C. The third-order valence-electron chi connectivity index (χ3n) is 12.5. The van der Waals surface area contributed by atoms with Crippen LogP contribution in [0.5, 0.6) is 0 Å². The van der Waals surface area contributed by atoms with Crippen LogP contribution in [0.2, 0.25) is 0 Å². The molecule has 0 aromatic carbocycles. The van der Waals surface area contributed by atoms with Crippen LogP contribution in [0.1, 0.15) is 310 Å². The predicted molar refractivity (Wildman–Crippen MR) is 261 cm³/mol. The lowest BCUT2D eigenvalue weighted by molar-refractivity contribution is -0.167. The summed E-state index contributed by atoms with van der Waals surface area (Å²) in [6.45, 7) is 9.03. The summed E-state index contributed by atoms with van der Waals surface area (Å²) >= 11 is 0. The molecule has 61 heavy (non-hydrogen) atoms. The van der Waals surface area contributed by atoms with Crippen molar-refractivity contribution in [2.45, 2.75) is 316 Å². The van der Waals surface area contributed by atoms with Crippen LogP contribution in [0, 0.1) is 5.92 Å². The van der Waals surface area contributed by atoms with E-state index >= 15 is 0 Å². The fraction of sp³-hybridized carbons (Fsp3) is 0.945. The molecular weight excluding hydrogens is 757 g/mol. The second kappa shape index (κ2) is 49.4. The molecule has 0 saturated heterocycles. The number of ether oxygens (including phenoxy) is 3. The van der Waals surface area contributed by atoms with Crippen LogP contribution in [0.3, 0.4) is 0 Å². The van der Waals surface area contributed by atoms with Crippen molar-refractivity contribution in [3.05, 3.63) is 0 Å². The van der Waals surface area contributed by atoms with Gasteiger partial charge in [-0.2, -0.15) is 0 Å². The summed E-state index contributed by atoms with van der Waals surface area (Å²) in [7, 11) is 0. The second-order valence-electron chi connectivity index (χ2n) is 19.3. The van der Waals surface area contributed by atoms with Gasteiger partial charge < -0.3 is 14.2 Å². The Hall–Kier alpha value is -1.59. The van der Waals surface area contributed by atoms with Crippen LogP contribution in [0.25, 0.3) is 0 Å². The maximum Gasteiger partial charge on any atom is 0.306 e. The third kappa shape index (κ3) is 49.3. The number of rotatable bonds is 50. The minimum Gasteiger partial charge on any atom is -0.462 e. The maximum atomic E-state index is 12.8. The fourth-order valence-electron chi connectivity index (χ4n) is 8.39. The Morgan fingerprint density at radius 2 is 0.541 bits per heavy atom. The highest BCUT2D eigenvalue weighted by Gasteiger charge is 2.19. The van der Waals surface area contributed by atoms with E-state index in [-0.39, 0.29) is 31.1 Å². The van der Waals surface area contributed by atoms with E-state index in [0.29, 0.717) is 19.3 Å². The molecule has 0 N–H and O–H groups in total. The summed E-state index contributed by atoms with van der Waals surface area (Å²) in [6.07, 6.45) is 52.3. The first kappa shape index (κ1) is 59.4. The molecule has 0 unspecified atom stereocenters. The summed E-state index contributed by atoms with van der Waals surface area (Å²) in [4.78, 5) is 38.0. The standard InChI is InChI=1S/C55H106O6/c1-5-7-9-11-13-15-17-19-20-21-22-23-24-26-31-35-39-43-47-54(57)60-50-52(49-59-53(56)46-42-38-34-30-25-18-16-14-12-10-8-6-2)61-55(58)48-44-40-36-32-28-27-29-33-37-41-45-51(3)4/h51-52H,5-50H2,1-4H3/t52-/m1/s1. The number of carbonyl (C=O) groups excluding carboxylic acids is 3. The quantitative estimate of drug-likeness (QED) is 0.0344. The van der Waals surface area contributed by atoms with Crippen LogP contribution in [-0.4, -0.2) is 37.2 Å². The van der Waals surface area contributed by atoms with Crippen molar-refractivity contribution in [2.24, 2.45) is 5.92 Å². The summed E-state index contributed by atoms with van der Waals surface area (Å²) in [5.41, 5.74) is 0. The van der Waals surface area contributed by atoms with Crippen LogP contribution in [-0.2, 0) is 28.6 Å². The molecule has 0 radical (unpaired) electrons. The third-order valence-corrected chi connectivity index (χ3v) is 12.5. The van der Waals surface area contributed by atoms with Gasteiger partial charge in [-0.3, -0.25) is 14.4 Å². The number of hydrogen-bond donors (Lipinski definition) is 0. The smallest absolute Gasteiger partial charge is 0.306 e. The van der Waals surface area contributed by atoms with Gasteiger partial charge in [-0.15, -0.1) is 0 Å². The molecular formula is C55H106O6. The highest BCUT2D eigenvalue weighted by Crippen LogP contribution is 2.17. The first-order valence-corrected chi connectivity index (χ1v) is 27.4. The highest BCUT2D eigenvalue weighted by atomic mass is 16.6. The molecule has 0 spiro atoms. The van der Waals surface area contributed by atoms with Crippen molar-refractivity contribution < 1.29 is 28.6 Å². The molecule has 0 aromatic heterocycles. The minimum absolute atomic E-state index is 0.0625. The van der Waals surface area contributed by atoms with Gasteiger partial charge in [-0.25, -0.2) is 0 Å². The van der Waals surface area contributed by atoms with Crippen LogP contribution >= 0.6 is 0 Å². The van der Waals surface area contributed by atoms with Gasteiger partial charge in [0.25, 0.3) is 0 Å². The van der Waals surface area contributed by atoms with Crippen molar-refractivity contribution in [1.82, 2.24) is 0 Å². The van der Waals surface area contributed by atoms with E-state index in [2.05, 4.69) is 27.7 Å². The molecule has 6 nitrogen and oxygen atoms in total. The van der Waals surface area contributed by atoms with Gasteiger partial charge in [0.1, 0.15) is 13.2 Å². The van der Waals surface area contributed by atoms with Crippen molar-refractivity contribution in [1.29, 1.82) is 0 Å². The van der Waals surface area contributed by atoms with Gasteiger partial charge in [-0.1, -0.05) is 272 Å². The van der Waals surface area contributed by atoms with Crippen LogP contribution < -0.4 is 0 Å². The lowest BCUT2D eigenvalue weighted by Gasteiger charge is -2.18. The fourth-order valence-corrected chi connectivity index (χ4v) is 8.39. The van der Waals surface area contributed by atoms with Gasteiger partial charge in [0, 0.05) is 19.3 Å². The number of hydrogen-bond acceptors (Lipinski definition) is 6. The topological polar surface area (TPSA) is 78.9 Å². The lowest BCUT2D eigenvalue weighted by Crippen LogP contribution is -2.30. The molecule has 0 bridgehead atoms. The summed E-state index contributed by atoms with van der Waals surface area (Å²) in [5, 5.41) is 0. The average Bonchev–Trinajstić information content (AvgIpc) is 3.24. The molecule has 0 rings (SSSR count). The van der Waals surface area contributed by atoms with Gasteiger partial charge >= 0.3 is 17.9 Å². The van der Waals surface area contributed by atoms with Crippen molar-refractivity contribution >= 4 is 17.9 Å². The van der Waals surface area contributed by atoms with Crippen molar-refractivity contribution in [3.63, 3.8) is 0 Å². The number of carbonyl (C=O) groups is 3. The molecule has 0 aromatic rings. The van der Waals surface area contributed by atoms with Crippen molar-refractivity contribution in [2.75, 3.05) is 13.2 Å². The highest BCUT2D eigenvalue weighted by molar-refractivity contribution is 5.71. The normalized spacial score (nSPS) is 12.0. The Morgan fingerprint density at radius 1 is 0.311 bits per heavy atom. The van der Waals surface area contributed by atoms with E-state index in [4.69, 9.17) is 14.2 Å². The van der Waals surface area contributed by atoms with E-state index in [1.165, 1.54) is 205 Å². The van der Waals surface area contributed by atoms with E-state index < -0.39 is 6.10 Å². The number of esters is 3. The zero-order valence-corrected chi connectivity index (χ0v) is 41.6. The van der Waals surface area contributed by atoms with E-state index in [0.717, 1.165) is 63.7 Å². The van der Waals surface area contributed by atoms with Crippen molar-refractivity contribution in [3.8, 4) is 0 Å². The predicted octanol–water partition coefficient (Wildman–Crippen LogP) is 17.8. The zero-order chi connectivity index (χ0) is 44.5. The van der Waals surface area contributed by atoms with E-state index in [9.17, 15) is 14.4 Å². The second-order valence-corrected chi connectivity index (χ2v) is 19.3. The Kier molecular flexibility index (Phi) is 48.1. The first-order chi connectivity index (χ1) is 29.9. The monoisotopic (exact) mass is 863 g/mol. The van der Waals surface area contributed by atoms with Gasteiger partial charge in [-0.05, 0) is 25.2 Å². The summed E-state index contributed by atoms with van der Waals surface area (Å²) in [6, 6.07) is 0. The van der Waals surface area contributed by atoms with Crippen LogP contribution in [0.15, 0.2) is 0 Å². The molecule has 1 atom stereocenters. The molecule has 0 aliphatic heterocycles. The Morgan fingerprint density at radius 3 is 0.803 bits per heavy atom. The molecule has 0 heterocycles. The molecule has 6 heteroatoms. The lowest BCUT2D eigenvalue weighted by atomic mass is 10.0. The minimum atomic E-state index is -0.761. The first-order valence-electron chi connectivity index (χ1n) is 27.4. The van der Waals surface area contributed by atoms with Gasteiger partial charge in [0.05, 0.1) is 0 Å². The zero-order valence-electron chi connectivity index (χ0n) is 41.6. The van der Waals surface area contributed by atoms with Crippen LogP contribution in [0.4, 0.5) is 0 Å². The largest absolute Gasteiger partial charge is 0.462 e. The summed E-state index contributed by atoms with van der Waals surface area (Å²) in [5.74, 6) is -0.0252. The van der Waals surface area contributed by atoms with E-state index in [1.807, 2.05) is 0 Å². The molecule has 0 fully saturated rings. The Labute approximate surface area is 380 Å². The number of unbranched alkanes of at least 4 members (excludes halogenated alkanes) is 37. The molecule has 0 aliphatic carbocycles.